The first kappa shape index (κ1) is 11.3. The minimum atomic E-state index is 0.247. The van der Waals surface area contributed by atoms with Gasteiger partial charge in [-0.1, -0.05) is 0 Å². The molecule has 0 bridgehead atoms. The normalized spacial score (nSPS) is 15.3. The van der Waals surface area contributed by atoms with Crippen LogP contribution in [0, 0.1) is 5.92 Å². The second kappa shape index (κ2) is 5.25. The SMILES string of the molecule is CCn1cc(CC(=O)CNCC2CC2)cn1. The third kappa shape index (κ3) is 3.45. The van der Waals surface area contributed by atoms with Crippen molar-refractivity contribution >= 4 is 5.78 Å². The lowest BCUT2D eigenvalue weighted by Gasteiger charge is -2.01. The molecule has 0 aromatic carbocycles. The first-order valence-electron chi connectivity index (χ1n) is 6.01. The molecule has 1 aromatic rings. The summed E-state index contributed by atoms with van der Waals surface area (Å²) in [4.78, 5) is 11.6. The average Bonchev–Trinajstić information content (AvgIpc) is 2.97. The van der Waals surface area contributed by atoms with E-state index in [9.17, 15) is 4.79 Å². The van der Waals surface area contributed by atoms with Crippen molar-refractivity contribution < 1.29 is 4.79 Å². The first-order valence-corrected chi connectivity index (χ1v) is 6.01. The van der Waals surface area contributed by atoms with Crippen LogP contribution in [0.25, 0.3) is 0 Å². The Labute approximate surface area is 96.0 Å². The molecule has 16 heavy (non-hydrogen) atoms. The number of hydrogen-bond acceptors (Lipinski definition) is 3. The average molecular weight is 221 g/mol. The van der Waals surface area contributed by atoms with Gasteiger partial charge in [0.25, 0.3) is 0 Å². The molecule has 4 heteroatoms. The van der Waals surface area contributed by atoms with Gasteiger partial charge in [-0.15, -0.1) is 0 Å². The molecule has 0 atom stereocenters. The molecule has 0 spiro atoms. The largest absolute Gasteiger partial charge is 0.310 e. The van der Waals surface area contributed by atoms with Crippen molar-refractivity contribution in [2.45, 2.75) is 32.7 Å². The van der Waals surface area contributed by atoms with Crippen LogP contribution in [0.15, 0.2) is 12.4 Å². The van der Waals surface area contributed by atoms with Crippen molar-refractivity contribution in [2.24, 2.45) is 5.92 Å². The van der Waals surface area contributed by atoms with Crippen LogP contribution in [0.3, 0.4) is 0 Å². The number of carbonyl (C=O) groups excluding carboxylic acids is 1. The summed E-state index contributed by atoms with van der Waals surface area (Å²) in [7, 11) is 0. The smallest absolute Gasteiger partial charge is 0.151 e. The summed E-state index contributed by atoms with van der Waals surface area (Å²) in [6.07, 6.45) is 6.87. The van der Waals surface area contributed by atoms with Crippen LogP contribution in [0.1, 0.15) is 25.3 Å². The molecule has 0 amide bonds. The van der Waals surface area contributed by atoms with Gasteiger partial charge in [-0.05, 0) is 37.8 Å². The molecular weight excluding hydrogens is 202 g/mol. The predicted molar refractivity (Wildman–Crippen MR) is 62.2 cm³/mol. The van der Waals surface area contributed by atoms with E-state index in [1.165, 1.54) is 12.8 Å². The Bertz CT molecular complexity index is 355. The fraction of sp³-hybridized carbons (Fsp3) is 0.667. The van der Waals surface area contributed by atoms with E-state index in [-0.39, 0.29) is 5.78 Å². The van der Waals surface area contributed by atoms with Crippen molar-refractivity contribution in [3.05, 3.63) is 18.0 Å². The number of ketones is 1. The Balaban J connectivity index is 1.68. The lowest BCUT2D eigenvalue weighted by molar-refractivity contribution is -0.117. The van der Waals surface area contributed by atoms with Gasteiger partial charge in [0.1, 0.15) is 0 Å². The summed E-state index contributed by atoms with van der Waals surface area (Å²) in [5.74, 6) is 1.08. The summed E-state index contributed by atoms with van der Waals surface area (Å²) in [6.45, 7) is 4.39. The van der Waals surface area contributed by atoms with Gasteiger partial charge in [0, 0.05) is 19.2 Å². The van der Waals surface area contributed by atoms with Crippen molar-refractivity contribution in [1.82, 2.24) is 15.1 Å². The molecule has 0 aliphatic heterocycles. The Hall–Kier alpha value is -1.16. The molecule has 0 unspecified atom stereocenters. The molecule has 1 aliphatic carbocycles. The summed E-state index contributed by atoms with van der Waals surface area (Å²) in [5, 5.41) is 7.36. The Kier molecular flexibility index (Phi) is 3.72. The summed E-state index contributed by atoms with van der Waals surface area (Å²) in [5.41, 5.74) is 1.01. The van der Waals surface area contributed by atoms with Crippen LogP contribution in [-0.4, -0.2) is 28.7 Å². The van der Waals surface area contributed by atoms with Gasteiger partial charge in [-0.25, -0.2) is 0 Å². The van der Waals surface area contributed by atoms with Crippen LogP contribution in [0.2, 0.25) is 0 Å². The molecular formula is C12H19N3O. The lowest BCUT2D eigenvalue weighted by Crippen LogP contribution is -2.25. The number of aryl methyl sites for hydroxylation is 1. The molecule has 0 saturated heterocycles. The maximum atomic E-state index is 11.6. The van der Waals surface area contributed by atoms with E-state index in [1.54, 1.807) is 6.20 Å². The van der Waals surface area contributed by atoms with E-state index in [1.807, 2.05) is 17.8 Å². The summed E-state index contributed by atoms with van der Waals surface area (Å²) in [6, 6.07) is 0. The van der Waals surface area contributed by atoms with Crippen molar-refractivity contribution in [3.8, 4) is 0 Å². The van der Waals surface area contributed by atoms with Crippen LogP contribution in [0.5, 0.6) is 0 Å². The fourth-order valence-electron chi connectivity index (χ4n) is 1.70. The summed E-state index contributed by atoms with van der Waals surface area (Å²) < 4.78 is 1.85. The van der Waals surface area contributed by atoms with Crippen molar-refractivity contribution in [2.75, 3.05) is 13.1 Å². The third-order valence-electron chi connectivity index (χ3n) is 2.86. The van der Waals surface area contributed by atoms with Gasteiger partial charge < -0.3 is 5.32 Å². The zero-order valence-corrected chi connectivity index (χ0v) is 9.78. The quantitative estimate of drug-likeness (QED) is 0.747. The number of Topliss-reactive ketones (excluding diaryl/α,β-unsaturated/α-hetero) is 1. The molecule has 1 saturated carbocycles. The topological polar surface area (TPSA) is 46.9 Å². The van der Waals surface area contributed by atoms with Gasteiger partial charge in [-0.3, -0.25) is 9.48 Å². The lowest BCUT2D eigenvalue weighted by atomic mass is 10.2. The van der Waals surface area contributed by atoms with Gasteiger partial charge >= 0.3 is 0 Å². The molecule has 88 valence electrons. The monoisotopic (exact) mass is 221 g/mol. The second-order valence-electron chi connectivity index (χ2n) is 4.49. The van der Waals surface area contributed by atoms with E-state index in [2.05, 4.69) is 10.4 Å². The number of hydrogen-bond donors (Lipinski definition) is 1. The molecule has 2 rings (SSSR count). The third-order valence-corrected chi connectivity index (χ3v) is 2.86. The number of rotatable bonds is 7. The highest BCUT2D eigenvalue weighted by atomic mass is 16.1. The van der Waals surface area contributed by atoms with Crippen molar-refractivity contribution in [3.63, 3.8) is 0 Å². The Morgan fingerprint density at radius 3 is 3.06 bits per heavy atom. The Morgan fingerprint density at radius 2 is 2.44 bits per heavy atom. The zero-order valence-electron chi connectivity index (χ0n) is 9.78. The molecule has 1 fully saturated rings. The molecule has 4 nitrogen and oxygen atoms in total. The van der Waals surface area contributed by atoms with Crippen LogP contribution < -0.4 is 5.32 Å². The van der Waals surface area contributed by atoms with E-state index in [4.69, 9.17) is 0 Å². The van der Waals surface area contributed by atoms with E-state index < -0.39 is 0 Å². The van der Waals surface area contributed by atoms with Crippen LogP contribution in [-0.2, 0) is 17.8 Å². The van der Waals surface area contributed by atoms with Gasteiger partial charge in [0.05, 0.1) is 12.7 Å². The van der Waals surface area contributed by atoms with Crippen molar-refractivity contribution in [1.29, 1.82) is 0 Å². The highest BCUT2D eigenvalue weighted by Crippen LogP contribution is 2.27. The molecule has 1 aromatic heterocycles. The molecule has 1 N–H and O–H groups in total. The number of nitrogens with one attached hydrogen (secondary N) is 1. The van der Waals surface area contributed by atoms with Crippen LogP contribution >= 0.6 is 0 Å². The Morgan fingerprint density at radius 1 is 1.62 bits per heavy atom. The molecule has 1 aliphatic rings. The standard InChI is InChI=1S/C12H19N3O/c1-2-15-9-11(7-14-15)5-12(16)8-13-6-10-3-4-10/h7,9-10,13H,2-6,8H2,1H3. The highest BCUT2D eigenvalue weighted by Gasteiger charge is 2.20. The van der Waals surface area contributed by atoms with E-state index in [0.717, 1.165) is 24.6 Å². The first-order chi connectivity index (χ1) is 7.78. The van der Waals surface area contributed by atoms with E-state index in [0.29, 0.717) is 13.0 Å². The van der Waals surface area contributed by atoms with E-state index >= 15 is 0 Å². The summed E-state index contributed by atoms with van der Waals surface area (Å²) >= 11 is 0. The minimum Gasteiger partial charge on any atom is -0.310 e. The van der Waals surface area contributed by atoms with Gasteiger partial charge in [-0.2, -0.15) is 5.10 Å². The number of nitrogens with zero attached hydrogens (tertiary/aromatic N) is 2. The maximum Gasteiger partial charge on any atom is 0.151 e. The second-order valence-corrected chi connectivity index (χ2v) is 4.49. The molecule has 1 heterocycles. The van der Waals surface area contributed by atoms with Crippen LogP contribution in [0.4, 0.5) is 0 Å². The predicted octanol–water partition coefficient (Wildman–Crippen LogP) is 1.01. The van der Waals surface area contributed by atoms with Gasteiger partial charge in [0.15, 0.2) is 5.78 Å². The fourth-order valence-corrected chi connectivity index (χ4v) is 1.70. The maximum absolute atomic E-state index is 11.6. The van der Waals surface area contributed by atoms with Gasteiger partial charge in [0.2, 0.25) is 0 Å². The number of carbonyl (C=O) groups is 1. The zero-order chi connectivity index (χ0) is 11.4. The molecule has 0 radical (unpaired) electrons. The minimum absolute atomic E-state index is 0.247. The number of aromatic nitrogens is 2. The highest BCUT2D eigenvalue weighted by molar-refractivity contribution is 5.82.